The molecule has 0 amide bonds. The summed E-state index contributed by atoms with van der Waals surface area (Å²) in [6.45, 7) is 31.3. The molecule has 2 aromatic carbocycles. The van der Waals surface area contributed by atoms with E-state index in [0.717, 1.165) is 50.0 Å². The number of benzene rings is 2. The number of allylic oxidation sites excluding steroid dienone is 8. The minimum absolute atomic E-state index is 0.0189. The van der Waals surface area contributed by atoms with E-state index in [1.54, 1.807) is 12.2 Å². The van der Waals surface area contributed by atoms with Crippen LogP contribution in [0.4, 0.5) is 0 Å². The minimum atomic E-state index is -0.538. The van der Waals surface area contributed by atoms with Crippen LogP contribution in [0.1, 0.15) is 59.6 Å². The molecule has 43 heavy (non-hydrogen) atoms. The lowest BCUT2D eigenvalue weighted by atomic mass is 9.75. The molecule has 4 heteroatoms. The van der Waals surface area contributed by atoms with Crippen LogP contribution in [-0.4, -0.2) is 23.3 Å². The molecule has 1 aliphatic heterocycles. The summed E-state index contributed by atoms with van der Waals surface area (Å²) in [6, 6.07) is 17.2. The molecular weight excluding hydrogens is 525 g/mol. The Morgan fingerprint density at radius 1 is 0.837 bits per heavy atom. The lowest BCUT2D eigenvalue weighted by Crippen LogP contribution is -2.41. The van der Waals surface area contributed by atoms with E-state index < -0.39 is 18.3 Å². The lowest BCUT2D eigenvalue weighted by Gasteiger charge is -2.32. The summed E-state index contributed by atoms with van der Waals surface area (Å²) >= 11 is 0. The highest BCUT2D eigenvalue weighted by atomic mass is 16.7. The number of hydrogen-bond donors (Lipinski definition) is 0. The van der Waals surface area contributed by atoms with Gasteiger partial charge in [-0.15, -0.1) is 0 Å². The van der Waals surface area contributed by atoms with E-state index in [9.17, 15) is 0 Å². The van der Waals surface area contributed by atoms with Gasteiger partial charge in [-0.2, -0.15) is 0 Å². The molecule has 0 saturated carbocycles. The number of pyridine rings is 1. The molecule has 1 aliphatic rings. The summed E-state index contributed by atoms with van der Waals surface area (Å²) in [5, 5.41) is 0. The summed E-state index contributed by atoms with van der Waals surface area (Å²) < 4.78 is 13.1. The Labute approximate surface area is 259 Å². The first kappa shape index (κ1) is 31.9. The van der Waals surface area contributed by atoms with Crippen molar-refractivity contribution in [2.45, 2.75) is 65.1 Å². The van der Waals surface area contributed by atoms with Crippen molar-refractivity contribution in [2.24, 2.45) is 0 Å². The third kappa shape index (κ3) is 6.82. The van der Waals surface area contributed by atoms with Crippen molar-refractivity contribution in [1.29, 1.82) is 0 Å². The first-order chi connectivity index (χ1) is 20.2. The summed E-state index contributed by atoms with van der Waals surface area (Å²) in [5.74, 6) is 0. The lowest BCUT2D eigenvalue weighted by molar-refractivity contribution is 0.00578. The molecule has 1 fully saturated rings. The summed E-state index contributed by atoms with van der Waals surface area (Å²) in [4.78, 5) is 4.62. The van der Waals surface area contributed by atoms with Crippen LogP contribution in [0.2, 0.25) is 0 Å². The second-order valence-corrected chi connectivity index (χ2v) is 13.1. The molecule has 220 valence electrons. The monoisotopic (exact) mass is 569 g/mol. The van der Waals surface area contributed by atoms with Crippen LogP contribution in [0.25, 0.3) is 27.8 Å². The molecular formula is C39H44BNO2. The third-order valence-electron chi connectivity index (χ3n) is 8.38. The van der Waals surface area contributed by atoms with Crippen molar-refractivity contribution < 1.29 is 9.31 Å². The second-order valence-electron chi connectivity index (χ2n) is 13.1. The van der Waals surface area contributed by atoms with Crippen LogP contribution in [0.3, 0.4) is 0 Å². The van der Waals surface area contributed by atoms with Gasteiger partial charge in [-0.05, 0) is 95.2 Å². The van der Waals surface area contributed by atoms with Gasteiger partial charge in [-0.1, -0.05) is 114 Å². The van der Waals surface area contributed by atoms with Gasteiger partial charge in [0.2, 0.25) is 0 Å². The van der Waals surface area contributed by atoms with E-state index in [1.807, 2.05) is 30.6 Å². The average Bonchev–Trinajstić information content (AvgIpc) is 3.19. The molecule has 2 heterocycles. The highest BCUT2D eigenvalue weighted by Crippen LogP contribution is 2.39. The zero-order chi connectivity index (χ0) is 31.6. The Hall–Kier alpha value is -3.99. The van der Waals surface area contributed by atoms with Gasteiger partial charge in [0.1, 0.15) is 0 Å². The molecule has 0 bridgehead atoms. The molecule has 0 unspecified atom stereocenters. The third-order valence-corrected chi connectivity index (χ3v) is 8.38. The maximum absolute atomic E-state index is 6.53. The van der Waals surface area contributed by atoms with Crippen molar-refractivity contribution in [3.05, 3.63) is 140 Å². The highest BCUT2D eigenvalue weighted by Gasteiger charge is 2.51. The van der Waals surface area contributed by atoms with Crippen molar-refractivity contribution in [3.8, 4) is 22.3 Å². The fraction of sp³-hybridized carbons (Fsp3) is 0.256. The van der Waals surface area contributed by atoms with Crippen molar-refractivity contribution in [1.82, 2.24) is 4.98 Å². The van der Waals surface area contributed by atoms with Gasteiger partial charge in [0.05, 0.1) is 11.2 Å². The van der Waals surface area contributed by atoms with Gasteiger partial charge >= 0.3 is 7.12 Å². The van der Waals surface area contributed by atoms with E-state index >= 15 is 0 Å². The van der Waals surface area contributed by atoms with E-state index in [2.05, 4.69) is 128 Å². The van der Waals surface area contributed by atoms with E-state index in [4.69, 9.17) is 9.31 Å². The smallest absolute Gasteiger partial charge is 0.399 e. The fourth-order valence-corrected chi connectivity index (χ4v) is 5.01. The van der Waals surface area contributed by atoms with Gasteiger partial charge in [-0.3, -0.25) is 4.98 Å². The number of hydrogen-bond acceptors (Lipinski definition) is 3. The van der Waals surface area contributed by atoms with Gasteiger partial charge in [0.25, 0.3) is 0 Å². The molecule has 0 atom stereocenters. The fourth-order valence-electron chi connectivity index (χ4n) is 5.01. The van der Waals surface area contributed by atoms with Crippen molar-refractivity contribution >= 4 is 18.2 Å². The first-order valence-corrected chi connectivity index (χ1v) is 14.7. The predicted molar refractivity (Wildman–Crippen MR) is 185 cm³/mol. The van der Waals surface area contributed by atoms with Crippen LogP contribution in [0.5, 0.6) is 0 Å². The molecule has 3 nitrogen and oxygen atoms in total. The van der Waals surface area contributed by atoms with Crippen molar-refractivity contribution in [2.75, 3.05) is 0 Å². The zero-order valence-corrected chi connectivity index (χ0v) is 26.8. The Kier molecular flexibility index (Phi) is 9.15. The molecule has 3 aromatic rings. The Bertz CT molecular complexity index is 1610. The molecule has 4 rings (SSSR count). The highest BCUT2D eigenvalue weighted by molar-refractivity contribution is 6.62. The van der Waals surface area contributed by atoms with E-state index in [-0.39, 0.29) is 5.41 Å². The topological polar surface area (TPSA) is 31.4 Å². The Balaban J connectivity index is 1.95. The van der Waals surface area contributed by atoms with Gasteiger partial charge < -0.3 is 9.31 Å². The van der Waals surface area contributed by atoms with E-state index in [1.165, 1.54) is 5.56 Å². The Morgan fingerprint density at radius 2 is 1.47 bits per heavy atom. The van der Waals surface area contributed by atoms with Crippen LogP contribution in [-0.2, 0) is 14.7 Å². The van der Waals surface area contributed by atoms with Gasteiger partial charge in [-0.25, -0.2) is 0 Å². The maximum Gasteiger partial charge on any atom is 0.494 e. The SMILES string of the molecule is C=C/C=C\C(=C)C(=C)/C(=C\C=C)c1cc(B2OC(C)(C)C(C)(C)O2)cc(-c2ccccc2-c2cncc(C(C)(C)C)c2)c1. The summed E-state index contributed by atoms with van der Waals surface area (Å²) in [5.41, 5.74) is 8.92. The largest absolute Gasteiger partial charge is 0.494 e. The van der Waals surface area contributed by atoms with Crippen LogP contribution < -0.4 is 5.46 Å². The normalized spacial score (nSPS) is 16.3. The number of rotatable bonds is 9. The first-order valence-electron chi connectivity index (χ1n) is 14.7. The summed E-state index contributed by atoms with van der Waals surface area (Å²) in [7, 11) is -0.538. The number of nitrogens with zero attached hydrogens (tertiary/aromatic N) is 1. The average molecular weight is 570 g/mol. The number of aromatic nitrogens is 1. The molecule has 0 radical (unpaired) electrons. The van der Waals surface area contributed by atoms with Crippen molar-refractivity contribution in [3.63, 3.8) is 0 Å². The van der Waals surface area contributed by atoms with Gasteiger partial charge in [0, 0.05) is 18.0 Å². The molecule has 1 saturated heterocycles. The molecule has 0 spiro atoms. The van der Waals surface area contributed by atoms with E-state index in [0.29, 0.717) is 0 Å². The molecule has 0 aliphatic carbocycles. The predicted octanol–water partition coefficient (Wildman–Crippen LogP) is 9.44. The zero-order valence-electron chi connectivity index (χ0n) is 26.8. The molecule has 1 aromatic heterocycles. The second kappa shape index (κ2) is 12.3. The quantitative estimate of drug-likeness (QED) is 0.190. The van der Waals surface area contributed by atoms with Crippen LogP contribution >= 0.6 is 0 Å². The minimum Gasteiger partial charge on any atom is -0.399 e. The summed E-state index contributed by atoms with van der Waals surface area (Å²) in [6.07, 6.45) is 13.2. The van der Waals surface area contributed by atoms with Crippen LogP contribution in [0.15, 0.2) is 129 Å². The van der Waals surface area contributed by atoms with Crippen LogP contribution in [0, 0.1) is 0 Å². The maximum atomic E-state index is 6.53. The molecule has 0 N–H and O–H groups in total. The Morgan fingerprint density at radius 3 is 2.05 bits per heavy atom. The standard InChI is InChI=1S/C39H44BNO2/c1-12-14-18-27(3)28(4)34(17-13-2)29-21-30(24-33(23-29)40-42-38(8,9)39(10,11)43-40)35-19-15-16-20-36(35)31-22-32(26-41-25-31)37(5,6)7/h12-26H,1-4H2,5-11H3/b18-14-,34-17+. The van der Waals surface area contributed by atoms with Gasteiger partial charge in [0.15, 0.2) is 0 Å².